The number of nitrogens with zero attached hydrogens (tertiary/aromatic N) is 4. The molecule has 0 amide bonds. The van der Waals surface area contributed by atoms with Gasteiger partial charge in [0.2, 0.25) is 0 Å². The third-order valence-electron chi connectivity index (χ3n) is 6.58. The van der Waals surface area contributed by atoms with Gasteiger partial charge in [-0.05, 0) is 49.2 Å². The zero-order valence-electron chi connectivity index (χ0n) is 22.0. The van der Waals surface area contributed by atoms with Crippen molar-refractivity contribution in [1.29, 1.82) is 0 Å². The largest absolute Gasteiger partial charge is 0.496 e. The molecule has 5 rings (SSSR count). The molecule has 0 saturated carbocycles. The molecule has 3 heterocycles. The smallest absolute Gasteiger partial charge is 0.329 e. The summed E-state index contributed by atoms with van der Waals surface area (Å²) in [7, 11) is 4.81. The number of ether oxygens (including phenoxy) is 3. The topological polar surface area (TPSA) is 113 Å². The molecule has 5 aromatic rings. The number of methoxy groups -OCH3 is 2. The number of pyridine rings is 1. The van der Waals surface area contributed by atoms with Crippen LogP contribution in [-0.4, -0.2) is 51.5 Å². The molecule has 0 fully saturated rings. The fourth-order valence-corrected chi connectivity index (χ4v) is 4.80. The van der Waals surface area contributed by atoms with Crippen molar-refractivity contribution in [2.45, 2.75) is 20.4 Å². The molecule has 2 aromatic carbocycles. The van der Waals surface area contributed by atoms with Crippen LogP contribution < -0.4 is 20.7 Å². The van der Waals surface area contributed by atoms with Gasteiger partial charge in [0.15, 0.2) is 0 Å². The highest BCUT2D eigenvalue weighted by Gasteiger charge is 2.22. The normalized spacial score (nSPS) is 11.4. The second-order valence-corrected chi connectivity index (χ2v) is 9.11. The Bertz CT molecular complexity index is 1750. The molecule has 0 aliphatic carbocycles. The summed E-state index contributed by atoms with van der Waals surface area (Å²) >= 11 is 0. The van der Waals surface area contributed by atoms with Crippen LogP contribution in [-0.2, 0) is 18.3 Å². The molecule has 0 aliphatic heterocycles. The number of aromatic amines is 1. The molecule has 0 spiro atoms. The van der Waals surface area contributed by atoms with Gasteiger partial charge in [0, 0.05) is 32.0 Å². The molecule has 0 aliphatic rings. The molecule has 1 N–H and O–H groups in total. The third-order valence-corrected chi connectivity index (χ3v) is 6.58. The van der Waals surface area contributed by atoms with Crippen molar-refractivity contribution in [1.82, 2.24) is 24.1 Å². The van der Waals surface area contributed by atoms with E-state index in [2.05, 4.69) is 9.97 Å². The van der Waals surface area contributed by atoms with E-state index in [0.717, 1.165) is 22.4 Å². The molecule has 3 aromatic heterocycles. The first-order chi connectivity index (χ1) is 18.3. The summed E-state index contributed by atoms with van der Waals surface area (Å²) in [6.45, 7) is 5.03. The highest BCUT2D eigenvalue weighted by Crippen LogP contribution is 2.33. The van der Waals surface area contributed by atoms with Gasteiger partial charge in [-0.2, -0.15) is 0 Å². The number of fused-ring (bicyclic) bond motifs is 3. The van der Waals surface area contributed by atoms with Gasteiger partial charge in [0.05, 0.1) is 37.0 Å². The Hall–Kier alpha value is -4.44. The molecule has 10 nitrogen and oxygen atoms in total. The fourth-order valence-electron chi connectivity index (χ4n) is 4.80. The molecule has 0 unspecified atom stereocenters. The number of benzene rings is 2. The molecule has 0 atom stereocenters. The standard InChI is InChI=1S/C28H29N5O5/c1-16-12-18(13-17(2)25(16)38-11-10-36-4)26-30-23-22(27(34)31-26)21(37-5)14-20-24(23)33(28(35)32(20)3)15-19-8-6-7-9-29-19/h6-9,12-14H,10-11,15H2,1-5H3,(H,30,31,34). The first-order valence-corrected chi connectivity index (χ1v) is 12.2. The van der Waals surface area contributed by atoms with E-state index in [0.29, 0.717) is 47.0 Å². The van der Waals surface area contributed by atoms with Gasteiger partial charge in [-0.1, -0.05) is 6.07 Å². The number of H-pyrrole nitrogens is 1. The van der Waals surface area contributed by atoms with Crippen LogP contribution in [0, 0.1) is 13.8 Å². The van der Waals surface area contributed by atoms with Crippen molar-refractivity contribution in [2.75, 3.05) is 27.4 Å². The van der Waals surface area contributed by atoms with Gasteiger partial charge in [0.25, 0.3) is 5.56 Å². The van der Waals surface area contributed by atoms with Crippen LogP contribution in [0.1, 0.15) is 16.8 Å². The SMILES string of the molecule is COCCOc1c(C)cc(-c2nc3c(c(OC)cc4c3n(Cc3ccccn3)c(=O)n4C)c(=O)[nH]2)cc1C. The van der Waals surface area contributed by atoms with E-state index in [1.165, 1.54) is 11.7 Å². The van der Waals surface area contributed by atoms with Gasteiger partial charge in [0.1, 0.15) is 34.8 Å². The Morgan fingerprint density at radius 3 is 2.45 bits per heavy atom. The summed E-state index contributed by atoms with van der Waals surface area (Å²) in [5.74, 6) is 1.49. The maximum atomic E-state index is 13.4. The van der Waals surface area contributed by atoms with Gasteiger partial charge < -0.3 is 19.2 Å². The zero-order chi connectivity index (χ0) is 27.0. The first kappa shape index (κ1) is 25.2. The van der Waals surface area contributed by atoms with E-state index >= 15 is 0 Å². The van der Waals surface area contributed by atoms with Crippen molar-refractivity contribution in [3.63, 3.8) is 0 Å². The van der Waals surface area contributed by atoms with Gasteiger partial charge in [-0.25, -0.2) is 9.78 Å². The molecule has 0 bridgehead atoms. The number of aryl methyl sites for hydroxylation is 3. The van der Waals surface area contributed by atoms with Crippen molar-refractivity contribution in [3.05, 3.63) is 80.3 Å². The Labute approximate surface area is 218 Å². The Balaban J connectivity index is 1.76. The highest BCUT2D eigenvalue weighted by molar-refractivity contribution is 6.05. The second kappa shape index (κ2) is 10.1. The first-order valence-electron chi connectivity index (χ1n) is 12.2. The molecule has 196 valence electrons. The molecule has 38 heavy (non-hydrogen) atoms. The molecule has 0 radical (unpaired) electrons. The lowest BCUT2D eigenvalue weighted by Gasteiger charge is -2.14. The highest BCUT2D eigenvalue weighted by atomic mass is 16.5. The molecule has 0 saturated heterocycles. The fraction of sp³-hybridized carbons (Fsp3) is 0.286. The Kier molecular flexibility index (Phi) is 6.73. The summed E-state index contributed by atoms with van der Waals surface area (Å²) in [6, 6.07) is 11.1. The summed E-state index contributed by atoms with van der Waals surface area (Å²) in [5, 5.41) is 0.275. The van der Waals surface area contributed by atoms with E-state index in [9.17, 15) is 9.59 Å². The lowest BCUT2D eigenvalue weighted by molar-refractivity contribution is 0.145. The maximum Gasteiger partial charge on any atom is 0.329 e. The number of aromatic nitrogens is 5. The van der Waals surface area contributed by atoms with Crippen LogP contribution in [0.5, 0.6) is 11.5 Å². The quantitative estimate of drug-likeness (QED) is 0.315. The van der Waals surface area contributed by atoms with Crippen LogP contribution >= 0.6 is 0 Å². The van der Waals surface area contributed by atoms with E-state index in [4.69, 9.17) is 19.2 Å². The summed E-state index contributed by atoms with van der Waals surface area (Å²) in [4.78, 5) is 39.0. The Morgan fingerprint density at radius 2 is 1.79 bits per heavy atom. The minimum atomic E-state index is -0.361. The van der Waals surface area contributed by atoms with Gasteiger partial charge in [-0.3, -0.25) is 18.9 Å². The predicted molar refractivity (Wildman–Crippen MR) is 145 cm³/mol. The van der Waals surface area contributed by atoms with E-state index in [1.54, 1.807) is 31.0 Å². The lowest BCUT2D eigenvalue weighted by atomic mass is 10.0. The number of imidazole rings is 1. The second-order valence-electron chi connectivity index (χ2n) is 9.11. The third kappa shape index (κ3) is 4.32. The van der Waals surface area contributed by atoms with Crippen molar-refractivity contribution in [3.8, 4) is 22.9 Å². The maximum absolute atomic E-state index is 13.4. The average Bonchev–Trinajstić information content (AvgIpc) is 3.14. The minimum absolute atomic E-state index is 0.230. The van der Waals surface area contributed by atoms with Crippen LogP contribution in [0.4, 0.5) is 0 Å². The van der Waals surface area contributed by atoms with Gasteiger partial charge in [-0.15, -0.1) is 0 Å². The van der Waals surface area contributed by atoms with E-state index in [1.807, 2.05) is 44.2 Å². The van der Waals surface area contributed by atoms with E-state index < -0.39 is 0 Å². The van der Waals surface area contributed by atoms with Crippen LogP contribution in [0.25, 0.3) is 33.3 Å². The number of hydrogen-bond acceptors (Lipinski definition) is 7. The predicted octanol–water partition coefficient (Wildman–Crippen LogP) is 3.34. The van der Waals surface area contributed by atoms with Crippen LogP contribution in [0.15, 0.2) is 52.2 Å². The van der Waals surface area contributed by atoms with Crippen molar-refractivity contribution < 1.29 is 14.2 Å². The Morgan fingerprint density at radius 1 is 1.03 bits per heavy atom. The monoisotopic (exact) mass is 515 g/mol. The zero-order valence-corrected chi connectivity index (χ0v) is 22.0. The van der Waals surface area contributed by atoms with Crippen LogP contribution in [0.3, 0.4) is 0 Å². The summed E-state index contributed by atoms with van der Waals surface area (Å²) < 4.78 is 19.7. The number of rotatable bonds is 8. The number of nitrogens with one attached hydrogen (secondary N) is 1. The average molecular weight is 516 g/mol. The summed E-state index contributed by atoms with van der Waals surface area (Å²) in [5.41, 5.74) is 4.17. The van der Waals surface area contributed by atoms with Crippen molar-refractivity contribution in [2.24, 2.45) is 7.05 Å². The van der Waals surface area contributed by atoms with Crippen LogP contribution in [0.2, 0.25) is 0 Å². The minimum Gasteiger partial charge on any atom is -0.496 e. The van der Waals surface area contributed by atoms with E-state index in [-0.39, 0.29) is 23.2 Å². The number of hydrogen-bond donors (Lipinski definition) is 1. The molecular weight excluding hydrogens is 486 g/mol. The molecule has 10 heteroatoms. The lowest BCUT2D eigenvalue weighted by Crippen LogP contribution is -2.23. The summed E-state index contributed by atoms with van der Waals surface area (Å²) in [6.07, 6.45) is 1.68. The van der Waals surface area contributed by atoms with Gasteiger partial charge >= 0.3 is 5.69 Å². The molecular formula is C28H29N5O5. The van der Waals surface area contributed by atoms with Crippen molar-refractivity contribution >= 4 is 21.9 Å².